The van der Waals surface area contributed by atoms with Crippen molar-refractivity contribution in [3.63, 3.8) is 0 Å². The van der Waals surface area contributed by atoms with Gasteiger partial charge >= 0.3 is 7.12 Å². The molecule has 1 amide bonds. The van der Waals surface area contributed by atoms with E-state index in [-0.39, 0.29) is 5.91 Å². The van der Waals surface area contributed by atoms with Crippen molar-refractivity contribution in [3.8, 4) is 5.75 Å². The van der Waals surface area contributed by atoms with E-state index in [1.54, 1.807) is 7.11 Å². The molecule has 0 N–H and O–H groups in total. The maximum Gasteiger partial charge on any atom is 0.498 e. The van der Waals surface area contributed by atoms with E-state index in [2.05, 4.69) is 0 Å². The van der Waals surface area contributed by atoms with E-state index in [4.69, 9.17) is 14.0 Å². The SMILES string of the molecule is COc1ccc(N2CCCC2=O)cc1B1OC(C)(C)C(C)(C)O1. The smallest absolute Gasteiger partial charge is 0.497 e. The molecular formula is C17H24BNO4. The van der Waals surface area contributed by atoms with Crippen LogP contribution in [0, 0.1) is 0 Å². The van der Waals surface area contributed by atoms with Crippen LogP contribution in [0.3, 0.4) is 0 Å². The molecule has 1 aromatic carbocycles. The molecular weight excluding hydrogens is 293 g/mol. The number of benzene rings is 1. The van der Waals surface area contributed by atoms with Gasteiger partial charge in [-0.1, -0.05) is 0 Å². The van der Waals surface area contributed by atoms with Gasteiger partial charge in [-0.2, -0.15) is 0 Å². The van der Waals surface area contributed by atoms with Crippen molar-refractivity contribution in [1.29, 1.82) is 0 Å². The molecule has 0 bridgehead atoms. The number of ether oxygens (including phenoxy) is 1. The molecule has 2 aliphatic heterocycles. The molecule has 0 unspecified atom stereocenters. The maximum atomic E-state index is 12.0. The van der Waals surface area contributed by atoms with Gasteiger partial charge < -0.3 is 18.9 Å². The van der Waals surface area contributed by atoms with Gasteiger partial charge in [-0.15, -0.1) is 0 Å². The van der Waals surface area contributed by atoms with Crippen LogP contribution in [0.2, 0.25) is 0 Å². The molecule has 3 rings (SSSR count). The first-order valence-electron chi connectivity index (χ1n) is 8.09. The van der Waals surface area contributed by atoms with Crippen molar-refractivity contribution < 1.29 is 18.8 Å². The van der Waals surface area contributed by atoms with Crippen LogP contribution in [0.15, 0.2) is 18.2 Å². The van der Waals surface area contributed by atoms with Gasteiger partial charge in [0.2, 0.25) is 5.91 Å². The summed E-state index contributed by atoms with van der Waals surface area (Å²) >= 11 is 0. The molecule has 124 valence electrons. The number of nitrogens with zero attached hydrogens (tertiary/aromatic N) is 1. The van der Waals surface area contributed by atoms with E-state index < -0.39 is 18.3 Å². The highest BCUT2D eigenvalue weighted by atomic mass is 16.7. The molecule has 0 aromatic heterocycles. The lowest BCUT2D eigenvalue weighted by molar-refractivity contribution is -0.117. The Hall–Kier alpha value is -1.53. The minimum absolute atomic E-state index is 0.162. The number of carbonyl (C=O) groups excluding carboxylic acids is 1. The number of methoxy groups -OCH3 is 1. The third kappa shape index (κ3) is 2.74. The van der Waals surface area contributed by atoms with Crippen LogP contribution in [0.1, 0.15) is 40.5 Å². The third-order valence-corrected chi connectivity index (χ3v) is 5.11. The van der Waals surface area contributed by atoms with Crippen LogP contribution in [0.25, 0.3) is 0 Å². The average Bonchev–Trinajstić information content (AvgIpc) is 2.99. The molecule has 0 saturated carbocycles. The molecule has 6 heteroatoms. The Kier molecular flexibility index (Phi) is 3.93. The van der Waals surface area contributed by atoms with Gasteiger partial charge in [0.1, 0.15) is 5.75 Å². The number of hydrogen-bond acceptors (Lipinski definition) is 4. The fraction of sp³-hybridized carbons (Fsp3) is 0.588. The van der Waals surface area contributed by atoms with E-state index >= 15 is 0 Å². The number of amides is 1. The fourth-order valence-corrected chi connectivity index (χ4v) is 2.97. The standard InChI is InChI=1S/C17H24BNO4/c1-16(2)17(3,4)23-18(22-16)13-11-12(8-9-14(13)21-5)19-10-6-7-15(19)20/h8-9,11H,6-7,10H2,1-5H3. The molecule has 2 fully saturated rings. The Morgan fingerprint density at radius 2 is 1.83 bits per heavy atom. The van der Waals surface area contributed by atoms with Gasteiger partial charge in [0.05, 0.1) is 18.3 Å². The second kappa shape index (κ2) is 5.53. The van der Waals surface area contributed by atoms with Gasteiger partial charge in [0, 0.05) is 24.1 Å². The maximum absolute atomic E-state index is 12.0. The van der Waals surface area contributed by atoms with Crippen molar-refractivity contribution in [2.24, 2.45) is 0 Å². The summed E-state index contributed by atoms with van der Waals surface area (Å²) in [5, 5.41) is 0. The molecule has 0 spiro atoms. The summed E-state index contributed by atoms with van der Waals surface area (Å²) < 4.78 is 17.7. The number of carbonyl (C=O) groups is 1. The molecule has 2 aliphatic rings. The summed E-state index contributed by atoms with van der Waals surface area (Å²) in [4.78, 5) is 13.8. The van der Waals surface area contributed by atoms with Crippen LogP contribution >= 0.6 is 0 Å². The van der Waals surface area contributed by atoms with Gasteiger partial charge in [-0.3, -0.25) is 4.79 Å². The molecule has 0 aliphatic carbocycles. The Labute approximate surface area is 138 Å². The monoisotopic (exact) mass is 317 g/mol. The first-order chi connectivity index (χ1) is 10.7. The van der Waals surface area contributed by atoms with Gasteiger partial charge in [-0.05, 0) is 52.3 Å². The Balaban J connectivity index is 1.96. The van der Waals surface area contributed by atoms with Crippen LogP contribution in [0.4, 0.5) is 5.69 Å². The minimum atomic E-state index is -0.507. The molecule has 2 heterocycles. The van der Waals surface area contributed by atoms with Crippen molar-refractivity contribution >= 4 is 24.2 Å². The van der Waals surface area contributed by atoms with Crippen molar-refractivity contribution in [2.45, 2.75) is 51.7 Å². The normalized spacial score (nSPS) is 22.7. The van der Waals surface area contributed by atoms with E-state index in [0.717, 1.165) is 24.1 Å². The van der Waals surface area contributed by atoms with Gasteiger partial charge in [0.25, 0.3) is 0 Å². The van der Waals surface area contributed by atoms with Crippen molar-refractivity contribution in [1.82, 2.24) is 0 Å². The average molecular weight is 317 g/mol. The van der Waals surface area contributed by atoms with E-state index in [9.17, 15) is 4.79 Å². The second-order valence-electron chi connectivity index (χ2n) is 7.16. The van der Waals surface area contributed by atoms with E-state index in [1.165, 1.54) is 0 Å². The number of hydrogen-bond donors (Lipinski definition) is 0. The first-order valence-corrected chi connectivity index (χ1v) is 8.09. The lowest BCUT2D eigenvalue weighted by Crippen LogP contribution is -2.41. The highest BCUT2D eigenvalue weighted by molar-refractivity contribution is 6.63. The molecule has 2 saturated heterocycles. The third-order valence-electron chi connectivity index (χ3n) is 5.11. The summed E-state index contributed by atoms with van der Waals surface area (Å²) in [5.41, 5.74) is 0.867. The molecule has 5 nitrogen and oxygen atoms in total. The lowest BCUT2D eigenvalue weighted by Gasteiger charge is -2.32. The molecule has 23 heavy (non-hydrogen) atoms. The minimum Gasteiger partial charge on any atom is -0.497 e. The summed E-state index contributed by atoms with van der Waals surface area (Å²) in [5.74, 6) is 0.869. The summed E-state index contributed by atoms with van der Waals surface area (Å²) in [6.45, 7) is 8.84. The predicted molar refractivity (Wildman–Crippen MR) is 90.3 cm³/mol. The summed E-state index contributed by atoms with van der Waals surface area (Å²) in [6, 6.07) is 5.74. The second-order valence-corrected chi connectivity index (χ2v) is 7.16. The van der Waals surface area contributed by atoms with Crippen LogP contribution < -0.4 is 15.1 Å². The van der Waals surface area contributed by atoms with Gasteiger partial charge in [-0.25, -0.2) is 0 Å². The number of rotatable bonds is 3. The highest BCUT2D eigenvalue weighted by Crippen LogP contribution is 2.37. The van der Waals surface area contributed by atoms with E-state index in [0.29, 0.717) is 12.2 Å². The summed E-state index contributed by atoms with van der Waals surface area (Å²) in [7, 11) is 1.12. The zero-order valence-electron chi connectivity index (χ0n) is 14.5. The predicted octanol–water partition coefficient (Wildman–Crippen LogP) is 2.12. The largest absolute Gasteiger partial charge is 0.498 e. The Morgan fingerprint density at radius 3 is 2.35 bits per heavy atom. The van der Waals surface area contributed by atoms with Crippen molar-refractivity contribution in [3.05, 3.63) is 18.2 Å². The zero-order chi connectivity index (χ0) is 16.8. The highest BCUT2D eigenvalue weighted by Gasteiger charge is 2.52. The van der Waals surface area contributed by atoms with Crippen LogP contribution in [-0.4, -0.2) is 37.9 Å². The number of anilines is 1. The fourth-order valence-electron chi connectivity index (χ4n) is 2.97. The lowest BCUT2D eigenvalue weighted by atomic mass is 9.78. The summed E-state index contributed by atoms with van der Waals surface area (Å²) in [6.07, 6.45) is 1.51. The van der Waals surface area contributed by atoms with E-state index in [1.807, 2.05) is 50.8 Å². The van der Waals surface area contributed by atoms with Crippen molar-refractivity contribution in [2.75, 3.05) is 18.6 Å². The molecule has 1 aromatic rings. The Bertz CT molecular complexity index is 613. The topological polar surface area (TPSA) is 48.0 Å². The first kappa shape index (κ1) is 16.3. The molecule has 0 atom stereocenters. The van der Waals surface area contributed by atoms with Crippen LogP contribution in [0.5, 0.6) is 5.75 Å². The quantitative estimate of drug-likeness (QED) is 0.801. The molecule has 0 radical (unpaired) electrons. The van der Waals surface area contributed by atoms with Crippen LogP contribution in [-0.2, 0) is 14.1 Å². The zero-order valence-corrected chi connectivity index (χ0v) is 14.5. The Morgan fingerprint density at radius 1 is 1.17 bits per heavy atom. The van der Waals surface area contributed by atoms with Gasteiger partial charge in [0.15, 0.2) is 0 Å².